The number of thiazole rings is 1. The van der Waals surface area contributed by atoms with Crippen LogP contribution in [-0.2, 0) is 12.8 Å². The van der Waals surface area contributed by atoms with E-state index < -0.39 is 0 Å². The van der Waals surface area contributed by atoms with Gasteiger partial charge in [-0.3, -0.25) is 9.59 Å². The molecule has 2 aliphatic rings. The first kappa shape index (κ1) is 38.3. The summed E-state index contributed by atoms with van der Waals surface area (Å²) in [5, 5.41) is 4.88. The molecule has 0 spiro atoms. The number of piperazine rings is 2. The van der Waals surface area contributed by atoms with Crippen molar-refractivity contribution in [1.82, 2.24) is 25.2 Å². The Bertz CT molecular complexity index is 2250. The van der Waals surface area contributed by atoms with Crippen LogP contribution in [-0.4, -0.2) is 90.8 Å². The van der Waals surface area contributed by atoms with Crippen LogP contribution in [0.4, 0.5) is 26.6 Å². The molecule has 14 heteroatoms. The van der Waals surface area contributed by atoms with E-state index in [1.165, 1.54) is 29.7 Å². The van der Waals surface area contributed by atoms with Gasteiger partial charge in [-0.15, -0.1) is 0 Å². The lowest BCUT2D eigenvalue weighted by Crippen LogP contribution is -2.44. The van der Waals surface area contributed by atoms with Crippen LogP contribution in [0.1, 0.15) is 31.4 Å². The number of Topliss-reactive ketones (excluding diaryl/α,β-unsaturated/α-hetero) is 2. The summed E-state index contributed by atoms with van der Waals surface area (Å²) in [6.07, 6.45) is 6.98. The predicted molar refractivity (Wildman–Crippen MR) is 220 cm³/mol. The van der Waals surface area contributed by atoms with E-state index in [4.69, 9.17) is 15.9 Å². The van der Waals surface area contributed by atoms with Crippen LogP contribution >= 0.6 is 11.3 Å². The second-order valence-corrected chi connectivity index (χ2v) is 14.8. The fourth-order valence-corrected chi connectivity index (χ4v) is 7.44. The zero-order valence-electron chi connectivity index (χ0n) is 31.2. The number of nitrogens with one attached hydrogen (secondary N) is 1. The maximum Gasteiger partial charge on any atom is 0.195 e. The zero-order valence-corrected chi connectivity index (χ0v) is 32.0. The number of furan rings is 1. The molecule has 6 aromatic rings. The molecule has 5 heterocycles. The van der Waals surface area contributed by atoms with Crippen molar-refractivity contribution in [3.63, 3.8) is 0 Å². The fourth-order valence-electron chi connectivity index (χ4n) is 6.54. The number of ketones is 2. The fraction of sp³-hybridized carbons (Fsp3) is 0.262. The molecule has 0 saturated carbocycles. The highest BCUT2D eigenvalue weighted by Gasteiger charge is 2.20. The SMILES string of the molecule is CN1CCN(c2cnc(C(=O)Cc3cc(-c4ccco4)ccc3N)s2)CC1.Nc1ccc(-c2ccc(F)cc2)cc1CC(=O)c1cnc(N2CCNCC2)cn1. The monoisotopic (exact) mass is 773 g/mol. The highest BCUT2D eigenvalue weighted by atomic mass is 32.1. The van der Waals surface area contributed by atoms with Crippen LogP contribution < -0.4 is 26.6 Å². The topological polar surface area (TPSA) is 160 Å². The van der Waals surface area contributed by atoms with E-state index in [0.29, 0.717) is 27.6 Å². The van der Waals surface area contributed by atoms with Crippen molar-refractivity contribution in [2.75, 3.05) is 80.7 Å². The average Bonchev–Trinajstić information content (AvgIpc) is 3.95. The molecule has 2 saturated heterocycles. The number of benzene rings is 3. The smallest absolute Gasteiger partial charge is 0.195 e. The van der Waals surface area contributed by atoms with Gasteiger partial charge in [0, 0.05) is 82.1 Å². The number of nitrogens with zero attached hydrogens (tertiary/aromatic N) is 6. The minimum atomic E-state index is -0.289. The second-order valence-electron chi connectivity index (χ2n) is 13.8. The van der Waals surface area contributed by atoms with Gasteiger partial charge in [-0.05, 0) is 83.9 Å². The van der Waals surface area contributed by atoms with Gasteiger partial charge >= 0.3 is 0 Å². The van der Waals surface area contributed by atoms with E-state index in [2.05, 4.69) is 42.0 Å². The Balaban J connectivity index is 0.000000172. The second kappa shape index (κ2) is 17.7. The molecule has 56 heavy (non-hydrogen) atoms. The van der Waals surface area contributed by atoms with Crippen molar-refractivity contribution in [2.45, 2.75) is 12.8 Å². The summed E-state index contributed by atoms with van der Waals surface area (Å²) >= 11 is 1.46. The summed E-state index contributed by atoms with van der Waals surface area (Å²) in [5.74, 6) is 1.09. The van der Waals surface area contributed by atoms with E-state index in [-0.39, 0.29) is 30.2 Å². The predicted octanol–water partition coefficient (Wildman–Crippen LogP) is 5.86. The number of rotatable bonds is 10. The van der Waals surface area contributed by atoms with Crippen LogP contribution in [0.25, 0.3) is 22.5 Å². The molecule has 0 aliphatic carbocycles. The van der Waals surface area contributed by atoms with Crippen LogP contribution in [0.2, 0.25) is 0 Å². The number of nitrogens with two attached hydrogens (primary N) is 2. The molecule has 0 atom stereocenters. The minimum absolute atomic E-state index is 0.0105. The summed E-state index contributed by atoms with van der Waals surface area (Å²) in [5.41, 5.74) is 17.8. The van der Waals surface area contributed by atoms with E-state index in [0.717, 1.165) is 91.2 Å². The number of aromatic nitrogens is 3. The number of hydrogen-bond donors (Lipinski definition) is 3. The average molecular weight is 774 g/mol. The number of anilines is 4. The van der Waals surface area contributed by atoms with E-state index in [9.17, 15) is 14.0 Å². The van der Waals surface area contributed by atoms with Crippen molar-refractivity contribution in [1.29, 1.82) is 0 Å². The van der Waals surface area contributed by atoms with E-state index in [1.807, 2.05) is 48.7 Å². The lowest BCUT2D eigenvalue weighted by Gasteiger charge is -2.32. The summed E-state index contributed by atoms with van der Waals surface area (Å²) < 4.78 is 18.6. The minimum Gasteiger partial charge on any atom is -0.464 e. The van der Waals surface area contributed by atoms with Crippen LogP contribution in [0.5, 0.6) is 0 Å². The van der Waals surface area contributed by atoms with Crippen LogP contribution in [0.15, 0.2) is 102 Å². The van der Waals surface area contributed by atoms with Gasteiger partial charge in [0.15, 0.2) is 16.6 Å². The summed E-state index contributed by atoms with van der Waals surface area (Å²) in [7, 11) is 2.13. The summed E-state index contributed by atoms with van der Waals surface area (Å²) in [4.78, 5) is 45.3. The molecule has 0 radical (unpaired) electrons. The molecule has 5 N–H and O–H groups in total. The van der Waals surface area contributed by atoms with Gasteiger partial charge in [-0.2, -0.15) is 0 Å². The molecule has 0 amide bonds. The van der Waals surface area contributed by atoms with Crippen molar-refractivity contribution in [2.24, 2.45) is 0 Å². The molecule has 3 aromatic heterocycles. The van der Waals surface area contributed by atoms with Gasteiger partial charge in [0.25, 0.3) is 0 Å². The van der Waals surface area contributed by atoms with Crippen LogP contribution in [0, 0.1) is 5.82 Å². The molecular formula is C42H44FN9O3S. The standard InChI is InChI=1S/C22H22FN5O.C20H22N4O2S/c23-18-4-1-15(2-5-18)16-3-6-19(24)17(11-16)12-21(29)20-13-27-22(14-26-20)28-9-7-25-8-10-28;1-23-6-8-24(9-7-23)19-13-22-20(27-19)17(25)12-15-11-14(4-5-16(15)21)18-3-2-10-26-18/h1-6,11,13-14,25H,7-10,12,24H2;2-5,10-11,13H,6-9,12,21H2,1H3. The van der Waals surface area contributed by atoms with Crippen molar-refractivity contribution < 1.29 is 18.4 Å². The molecule has 0 bridgehead atoms. The van der Waals surface area contributed by atoms with Gasteiger partial charge in [0.1, 0.15) is 28.1 Å². The molecule has 2 fully saturated rings. The Labute approximate surface area is 329 Å². The molecule has 2 aliphatic heterocycles. The largest absolute Gasteiger partial charge is 0.464 e. The lowest BCUT2D eigenvalue weighted by molar-refractivity contribution is 0.0982. The number of carbonyl (C=O) groups excluding carboxylic acids is 2. The molecule has 288 valence electrons. The molecular weight excluding hydrogens is 730 g/mol. The maximum absolute atomic E-state index is 13.2. The number of likely N-dealkylation sites (N-methyl/N-ethyl adjacent to an activating group) is 1. The lowest BCUT2D eigenvalue weighted by atomic mass is 9.98. The van der Waals surface area contributed by atoms with Crippen LogP contribution in [0.3, 0.4) is 0 Å². The molecule has 12 nitrogen and oxygen atoms in total. The number of nitrogen functional groups attached to an aromatic ring is 2. The number of halogens is 1. The third kappa shape index (κ3) is 9.45. The van der Waals surface area contributed by atoms with Crippen molar-refractivity contribution in [3.8, 4) is 22.5 Å². The normalized spacial score (nSPS) is 14.6. The Hall–Kier alpha value is -5.96. The Morgan fingerprint density at radius 3 is 2.07 bits per heavy atom. The van der Waals surface area contributed by atoms with Gasteiger partial charge in [0.2, 0.25) is 0 Å². The highest BCUT2D eigenvalue weighted by molar-refractivity contribution is 7.17. The first-order valence-electron chi connectivity index (χ1n) is 18.5. The third-order valence-electron chi connectivity index (χ3n) is 9.88. The Kier molecular flexibility index (Phi) is 12.1. The Morgan fingerprint density at radius 1 is 0.750 bits per heavy atom. The van der Waals surface area contributed by atoms with Crippen molar-refractivity contribution in [3.05, 3.63) is 125 Å². The Morgan fingerprint density at radius 2 is 1.41 bits per heavy atom. The highest BCUT2D eigenvalue weighted by Crippen LogP contribution is 2.29. The first-order valence-corrected chi connectivity index (χ1v) is 19.3. The molecule has 3 aromatic carbocycles. The summed E-state index contributed by atoms with van der Waals surface area (Å²) in [6, 6.07) is 21.1. The molecule has 8 rings (SSSR count). The summed E-state index contributed by atoms with van der Waals surface area (Å²) in [6.45, 7) is 7.53. The quantitative estimate of drug-likeness (QED) is 0.113. The van der Waals surface area contributed by atoms with Gasteiger partial charge in [-0.1, -0.05) is 29.5 Å². The third-order valence-corrected chi connectivity index (χ3v) is 11.0. The van der Waals surface area contributed by atoms with E-state index >= 15 is 0 Å². The van der Waals surface area contributed by atoms with E-state index in [1.54, 1.807) is 30.7 Å². The molecule has 0 unspecified atom stereocenters. The maximum atomic E-state index is 13.2. The van der Waals surface area contributed by atoms with Crippen molar-refractivity contribution >= 4 is 45.1 Å². The zero-order chi connectivity index (χ0) is 39.0. The first-order chi connectivity index (χ1) is 27.2. The van der Waals surface area contributed by atoms with Gasteiger partial charge in [-0.25, -0.2) is 19.3 Å². The number of carbonyl (C=O) groups is 2. The van der Waals surface area contributed by atoms with Gasteiger partial charge in [0.05, 0.1) is 24.9 Å². The number of hydrogen-bond acceptors (Lipinski definition) is 13. The van der Waals surface area contributed by atoms with Gasteiger partial charge < -0.3 is 35.9 Å².